The zero-order valence-electron chi connectivity index (χ0n) is 10.6. The lowest BCUT2D eigenvalue weighted by atomic mass is 10.0. The van der Waals surface area contributed by atoms with Crippen molar-refractivity contribution in [3.05, 3.63) is 29.6 Å². The summed E-state index contributed by atoms with van der Waals surface area (Å²) >= 11 is 0. The van der Waals surface area contributed by atoms with Gasteiger partial charge in [0, 0.05) is 19.8 Å². The summed E-state index contributed by atoms with van der Waals surface area (Å²) in [7, 11) is 5.02. The first kappa shape index (κ1) is 13.9. The standard InChI is InChI=1S/C13H20FNO2/c1-15-12(5-4-8-16-2)10-6-7-13(17-3)11(14)9-10/h6-7,9,12,15H,4-5,8H2,1-3H3. The molecule has 0 fully saturated rings. The van der Waals surface area contributed by atoms with Crippen LogP contribution in [0.5, 0.6) is 5.75 Å². The number of benzene rings is 1. The molecule has 0 bridgehead atoms. The largest absolute Gasteiger partial charge is 0.494 e. The van der Waals surface area contributed by atoms with E-state index in [1.165, 1.54) is 13.2 Å². The van der Waals surface area contributed by atoms with Gasteiger partial charge in [-0.05, 0) is 37.6 Å². The summed E-state index contributed by atoms with van der Waals surface area (Å²) in [6.07, 6.45) is 1.85. The summed E-state index contributed by atoms with van der Waals surface area (Å²) in [6.45, 7) is 0.719. The molecule has 0 aromatic heterocycles. The molecular weight excluding hydrogens is 221 g/mol. The lowest BCUT2D eigenvalue weighted by Crippen LogP contribution is -2.17. The second-order valence-electron chi connectivity index (χ2n) is 3.87. The molecule has 0 amide bonds. The minimum absolute atomic E-state index is 0.144. The lowest BCUT2D eigenvalue weighted by molar-refractivity contribution is 0.189. The molecule has 0 heterocycles. The first-order valence-corrected chi connectivity index (χ1v) is 5.72. The highest BCUT2D eigenvalue weighted by Crippen LogP contribution is 2.24. The Balaban J connectivity index is 2.71. The topological polar surface area (TPSA) is 30.5 Å². The van der Waals surface area contributed by atoms with Crippen molar-refractivity contribution in [3.8, 4) is 5.75 Å². The molecule has 1 unspecified atom stereocenters. The molecule has 4 heteroatoms. The fourth-order valence-corrected chi connectivity index (χ4v) is 1.81. The van der Waals surface area contributed by atoms with E-state index >= 15 is 0 Å². The van der Waals surface area contributed by atoms with Crippen LogP contribution >= 0.6 is 0 Å². The number of rotatable bonds is 7. The lowest BCUT2D eigenvalue weighted by Gasteiger charge is -2.17. The number of ether oxygens (including phenoxy) is 2. The SMILES string of the molecule is CNC(CCCOC)c1ccc(OC)c(F)c1. The normalized spacial score (nSPS) is 12.5. The van der Waals surface area contributed by atoms with Crippen LogP contribution in [0.1, 0.15) is 24.4 Å². The van der Waals surface area contributed by atoms with Gasteiger partial charge < -0.3 is 14.8 Å². The van der Waals surface area contributed by atoms with Crippen LogP contribution in [0, 0.1) is 5.82 Å². The number of hydrogen-bond acceptors (Lipinski definition) is 3. The Morgan fingerprint density at radius 2 is 2.12 bits per heavy atom. The molecule has 1 atom stereocenters. The maximum Gasteiger partial charge on any atom is 0.165 e. The molecule has 0 saturated carbocycles. The Labute approximate surface area is 102 Å². The van der Waals surface area contributed by atoms with E-state index < -0.39 is 0 Å². The van der Waals surface area contributed by atoms with E-state index in [1.807, 2.05) is 13.1 Å². The zero-order valence-corrected chi connectivity index (χ0v) is 10.6. The molecule has 1 rings (SSSR count). The van der Waals surface area contributed by atoms with Gasteiger partial charge in [-0.15, -0.1) is 0 Å². The summed E-state index contributed by atoms with van der Waals surface area (Å²) < 4.78 is 23.5. The van der Waals surface area contributed by atoms with E-state index in [4.69, 9.17) is 9.47 Å². The van der Waals surface area contributed by atoms with E-state index in [-0.39, 0.29) is 17.6 Å². The van der Waals surface area contributed by atoms with E-state index in [0.29, 0.717) is 0 Å². The fraction of sp³-hybridized carbons (Fsp3) is 0.538. The Hall–Kier alpha value is -1.13. The number of nitrogens with one attached hydrogen (secondary N) is 1. The van der Waals surface area contributed by atoms with Crippen molar-refractivity contribution in [1.82, 2.24) is 5.32 Å². The number of halogens is 1. The summed E-state index contributed by atoms with van der Waals surface area (Å²) in [5.74, 6) is -0.0440. The van der Waals surface area contributed by atoms with Gasteiger partial charge in [0.25, 0.3) is 0 Å². The minimum atomic E-state index is -0.322. The Bertz CT molecular complexity index is 344. The van der Waals surface area contributed by atoms with Gasteiger partial charge in [-0.3, -0.25) is 0 Å². The maximum atomic E-state index is 13.6. The number of hydrogen-bond donors (Lipinski definition) is 1. The van der Waals surface area contributed by atoms with E-state index in [9.17, 15) is 4.39 Å². The van der Waals surface area contributed by atoms with Gasteiger partial charge in [0.2, 0.25) is 0 Å². The molecule has 1 aromatic rings. The second-order valence-corrected chi connectivity index (χ2v) is 3.87. The number of methoxy groups -OCH3 is 2. The third kappa shape index (κ3) is 3.98. The molecule has 0 aliphatic heterocycles. The van der Waals surface area contributed by atoms with Crippen LogP contribution in [0.3, 0.4) is 0 Å². The van der Waals surface area contributed by atoms with Crippen molar-refractivity contribution in [2.45, 2.75) is 18.9 Å². The first-order chi connectivity index (χ1) is 8.22. The van der Waals surface area contributed by atoms with Gasteiger partial charge in [-0.1, -0.05) is 6.07 Å². The van der Waals surface area contributed by atoms with Gasteiger partial charge in [-0.2, -0.15) is 0 Å². The van der Waals surface area contributed by atoms with Crippen LogP contribution in [0.2, 0.25) is 0 Å². The van der Waals surface area contributed by atoms with Crippen molar-refractivity contribution in [2.24, 2.45) is 0 Å². The van der Waals surface area contributed by atoms with Crippen LogP contribution in [0.25, 0.3) is 0 Å². The second kappa shape index (κ2) is 7.25. The molecule has 0 radical (unpaired) electrons. The average molecular weight is 241 g/mol. The van der Waals surface area contributed by atoms with Crippen molar-refractivity contribution in [3.63, 3.8) is 0 Å². The first-order valence-electron chi connectivity index (χ1n) is 5.72. The molecule has 0 saturated heterocycles. The quantitative estimate of drug-likeness (QED) is 0.744. The third-order valence-electron chi connectivity index (χ3n) is 2.77. The van der Waals surface area contributed by atoms with Crippen LogP contribution in [0.4, 0.5) is 4.39 Å². The van der Waals surface area contributed by atoms with Crippen molar-refractivity contribution in [1.29, 1.82) is 0 Å². The molecule has 1 aromatic carbocycles. The molecule has 0 aliphatic carbocycles. The van der Waals surface area contributed by atoms with Gasteiger partial charge in [0.05, 0.1) is 7.11 Å². The van der Waals surface area contributed by atoms with Crippen molar-refractivity contribution in [2.75, 3.05) is 27.9 Å². The highest BCUT2D eigenvalue weighted by Gasteiger charge is 2.11. The molecule has 96 valence electrons. The van der Waals surface area contributed by atoms with E-state index in [0.717, 1.165) is 25.0 Å². The Morgan fingerprint density at radius 3 is 2.65 bits per heavy atom. The van der Waals surface area contributed by atoms with Gasteiger partial charge in [-0.25, -0.2) is 4.39 Å². The summed E-state index contributed by atoms with van der Waals surface area (Å²) in [5.41, 5.74) is 0.932. The predicted octanol–water partition coefficient (Wildman–Crippen LogP) is 2.52. The van der Waals surface area contributed by atoms with Crippen LogP contribution in [-0.2, 0) is 4.74 Å². The Morgan fingerprint density at radius 1 is 1.35 bits per heavy atom. The highest BCUT2D eigenvalue weighted by molar-refractivity contribution is 5.31. The molecule has 3 nitrogen and oxygen atoms in total. The summed E-state index contributed by atoms with van der Waals surface area (Å²) in [6, 6.07) is 5.21. The molecule has 0 spiro atoms. The predicted molar refractivity (Wildman–Crippen MR) is 65.9 cm³/mol. The average Bonchev–Trinajstić information content (AvgIpc) is 2.35. The summed E-state index contributed by atoms with van der Waals surface area (Å²) in [5, 5.41) is 3.18. The van der Waals surface area contributed by atoms with E-state index in [1.54, 1.807) is 13.2 Å². The fourth-order valence-electron chi connectivity index (χ4n) is 1.81. The van der Waals surface area contributed by atoms with Crippen LogP contribution in [0.15, 0.2) is 18.2 Å². The van der Waals surface area contributed by atoms with E-state index in [2.05, 4.69) is 5.32 Å². The Kier molecular flexibility index (Phi) is 5.94. The zero-order chi connectivity index (χ0) is 12.7. The monoisotopic (exact) mass is 241 g/mol. The van der Waals surface area contributed by atoms with Gasteiger partial charge >= 0.3 is 0 Å². The highest BCUT2D eigenvalue weighted by atomic mass is 19.1. The van der Waals surface area contributed by atoms with Crippen LogP contribution < -0.4 is 10.1 Å². The maximum absolute atomic E-state index is 13.6. The molecule has 1 N–H and O–H groups in total. The smallest absolute Gasteiger partial charge is 0.165 e. The van der Waals surface area contributed by atoms with Crippen molar-refractivity contribution >= 4 is 0 Å². The summed E-state index contributed by atoms with van der Waals surface area (Å²) in [4.78, 5) is 0. The van der Waals surface area contributed by atoms with Gasteiger partial charge in [0.15, 0.2) is 11.6 Å². The third-order valence-corrected chi connectivity index (χ3v) is 2.77. The van der Waals surface area contributed by atoms with Gasteiger partial charge in [0.1, 0.15) is 0 Å². The van der Waals surface area contributed by atoms with Crippen LogP contribution in [-0.4, -0.2) is 27.9 Å². The molecule has 0 aliphatic rings. The molecule has 17 heavy (non-hydrogen) atoms. The minimum Gasteiger partial charge on any atom is -0.494 e. The van der Waals surface area contributed by atoms with Crippen molar-refractivity contribution < 1.29 is 13.9 Å². The molecular formula is C13H20FNO2.